The fourth-order valence-corrected chi connectivity index (χ4v) is 2.47. The van der Waals surface area contributed by atoms with Crippen LogP contribution in [0.3, 0.4) is 0 Å². The van der Waals surface area contributed by atoms with Crippen LogP contribution in [0.5, 0.6) is 0 Å². The predicted molar refractivity (Wildman–Crippen MR) is 54.4 cm³/mol. The molecule has 0 unspecified atom stereocenters. The first-order chi connectivity index (χ1) is 7.20. The van der Waals surface area contributed by atoms with Gasteiger partial charge in [-0.25, -0.2) is 0 Å². The van der Waals surface area contributed by atoms with Gasteiger partial charge in [-0.2, -0.15) is 0 Å². The second-order valence-electron chi connectivity index (χ2n) is 5.15. The Morgan fingerprint density at radius 2 is 1.88 bits per heavy atom. The van der Waals surface area contributed by atoms with Crippen molar-refractivity contribution < 1.29 is 24.1 Å². The van der Waals surface area contributed by atoms with E-state index in [9.17, 15) is 9.90 Å². The van der Waals surface area contributed by atoms with E-state index in [0.717, 1.165) is 6.42 Å². The summed E-state index contributed by atoms with van der Waals surface area (Å²) in [5.74, 6) is -4.28. The third kappa shape index (κ3) is 1.43. The number of hydrogen-bond donors (Lipinski definition) is 1. The largest absolute Gasteiger partial charge is 0.361 e. The molecule has 16 heavy (non-hydrogen) atoms. The Labute approximate surface area is 94.7 Å². The van der Waals surface area contributed by atoms with E-state index in [-0.39, 0.29) is 6.42 Å². The summed E-state index contributed by atoms with van der Waals surface area (Å²) in [5, 5.41) is 10.4. The molecule has 0 spiro atoms. The van der Waals surface area contributed by atoms with Crippen molar-refractivity contribution in [1.82, 2.24) is 0 Å². The summed E-state index contributed by atoms with van der Waals surface area (Å²) in [6.07, 6.45) is 1.55. The summed E-state index contributed by atoms with van der Waals surface area (Å²) >= 11 is 0. The minimum atomic E-state index is -1.56. The van der Waals surface area contributed by atoms with Crippen LogP contribution >= 0.6 is 0 Å². The van der Waals surface area contributed by atoms with E-state index >= 15 is 0 Å². The van der Waals surface area contributed by atoms with Crippen molar-refractivity contribution in [3.8, 4) is 0 Å². The van der Waals surface area contributed by atoms with E-state index in [2.05, 4.69) is 0 Å². The highest BCUT2D eigenvalue weighted by atomic mass is 16.9. The SMILES string of the molecule is CC[C@]1(C)C[C@]2(O)O[C@](C)(C=O)O[C@]2(C)O1. The van der Waals surface area contributed by atoms with Gasteiger partial charge in [0.1, 0.15) is 0 Å². The van der Waals surface area contributed by atoms with Gasteiger partial charge in [0.2, 0.25) is 17.4 Å². The molecule has 0 aromatic heterocycles. The van der Waals surface area contributed by atoms with Crippen molar-refractivity contribution >= 4 is 6.29 Å². The first-order valence-corrected chi connectivity index (χ1v) is 5.49. The minimum Gasteiger partial charge on any atom is -0.361 e. The Kier molecular flexibility index (Phi) is 2.28. The van der Waals surface area contributed by atoms with Crippen LogP contribution in [0, 0.1) is 0 Å². The molecule has 5 nitrogen and oxygen atoms in total. The van der Waals surface area contributed by atoms with E-state index in [0.29, 0.717) is 6.29 Å². The van der Waals surface area contributed by atoms with E-state index in [1.54, 1.807) is 6.92 Å². The molecule has 0 saturated carbocycles. The molecule has 0 bridgehead atoms. The van der Waals surface area contributed by atoms with Crippen LogP contribution in [0.1, 0.15) is 40.5 Å². The first-order valence-electron chi connectivity index (χ1n) is 5.49. The molecule has 0 amide bonds. The molecule has 2 heterocycles. The van der Waals surface area contributed by atoms with Crippen molar-refractivity contribution in [1.29, 1.82) is 0 Å². The maximum absolute atomic E-state index is 10.9. The normalized spacial score (nSPS) is 56.3. The van der Waals surface area contributed by atoms with Gasteiger partial charge < -0.3 is 19.3 Å². The summed E-state index contributed by atoms with van der Waals surface area (Å²) < 4.78 is 16.6. The monoisotopic (exact) mass is 230 g/mol. The van der Waals surface area contributed by atoms with Crippen LogP contribution in [0.4, 0.5) is 0 Å². The highest BCUT2D eigenvalue weighted by molar-refractivity contribution is 5.60. The zero-order chi connectivity index (χ0) is 12.2. The molecule has 0 aromatic rings. The number of rotatable bonds is 2. The Balaban J connectivity index is 2.32. The van der Waals surface area contributed by atoms with Crippen molar-refractivity contribution in [2.24, 2.45) is 0 Å². The van der Waals surface area contributed by atoms with E-state index in [1.165, 1.54) is 6.92 Å². The number of carbonyl (C=O) groups excluding carboxylic acids is 1. The summed E-state index contributed by atoms with van der Waals surface area (Å²) in [6, 6.07) is 0. The molecular formula is C11H18O5. The van der Waals surface area contributed by atoms with Crippen LogP contribution in [-0.4, -0.2) is 34.4 Å². The molecule has 1 N–H and O–H groups in total. The molecule has 0 aliphatic carbocycles. The highest BCUT2D eigenvalue weighted by Gasteiger charge is 2.71. The lowest BCUT2D eigenvalue weighted by molar-refractivity contribution is -0.274. The number of fused-ring (bicyclic) bond motifs is 1. The minimum absolute atomic E-state index is 0.288. The second-order valence-corrected chi connectivity index (χ2v) is 5.15. The molecule has 2 aliphatic heterocycles. The molecule has 4 atom stereocenters. The van der Waals surface area contributed by atoms with Crippen molar-refractivity contribution in [2.45, 2.75) is 63.5 Å². The first kappa shape index (κ1) is 12.0. The molecule has 2 saturated heterocycles. The van der Waals surface area contributed by atoms with Gasteiger partial charge in [0.15, 0.2) is 6.29 Å². The molecule has 5 heteroatoms. The molecule has 0 aromatic carbocycles. The number of aliphatic hydroxyl groups is 1. The van der Waals surface area contributed by atoms with Gasteiger partial charge >= 0.3 is 0 Å². The Hall–Kier alpha value is -0.490. The van der Waals surface area contributed by atoms with Crippen molar-refractivity contribution in [3.05, 3.63) is 0 Å². The van der Waals surface area contributed by atoms with Gasteiger partial charge in [0, 0.05) is 6.42 Å². The van der Waals surface area contributed by atoms with Crippen molar-refractivity contribution in [3.63, 3.8) is 0 Å². The van der Waals surface area contributed by atoms with E-state index in [1.807, 2.05) is 13.8 Å². The Morgan fingerprint density at radius 3 is 2.31 bits per heavy atom. The maximum Gasteiger partial charge on any atom is 0.228 e. The van der Waals surface area contributed by atoms with Crippen LogP contribution < -0.4 is 0 Å². The lowest BCUT2D eigenvalue weighted by atomic mass is 9.95. The smallest absolute Gasteiger partial charge is 0.228 e. The molecule has 92 valence electrons. The summed E-state index contributed by atoms with van der Waals surface area (Å²) in [5.41, 5.74) is -0.492. The lowest BCUT2D eigenvalue weighted by Crippen LogP contribution is -2.45. The topological polar surface area (TPSA) is 65.0 Å². The average molecular weight is 230 g/mol. The van der Waals surface area contributed by atoms with Gasteiger partial charge in [0.25, 0.3) is 0 Å². The lowest BCUT2D eigenvalue weighted by Gasteiger charge is -2.29. The van der Waals surface area contributed by atoms with Crippen LogP contribution in [-0.2, 0) is 19.0 Å². The quantitative estimate of drug-likeness (QED) is 0.715. The number of carbonyl (C=O) groups is 1. The zero-order valence-electron chi connectivity index (χ0n) is 10.1. The van der Waals surface area contributed by atoms with Gasteiger partial charge in [-0.1, -0.05) is 6.92 Å². The highest BCUT2D eigenvalue weighted by Crippen LogP contribution is 2.54. The third-order valence-corrected chi connectivity index (χ3v) is 3.50. The maximum atomic E-state index is 10.9. The fourth-order valence-electron chi connectivity index (χ4n) is 2.47. The molecule has 2 fully saturated rings. The summed E-state index contributed by atoms with van der Waals surface area (Å²) in [4.78, 5) is 10.9. The van der Waals surface area contributed by atoms with E-state index in [4.69, 9.17) is 14.2 Å². The second kappa shape index (κ2) is 3.04. The Bertz CT molecular complexity index is 308. The van der Waals surface area contributed by atoms with Crippen LogP contribution in [0.2, 0.25) is 0 Å². The van der Waals surface area contributed by atoms with Gasteiger partial charge in [-0.15, -0.1) is 0 Å². The fraction of sp³-hybridized carbons (Fsp3) is 0.909. The summed E-state index contributed by atoms with van der Waals surface area (Å²) in [6.45, 7) is 6.92. The van der Waals surface area contributed by atoms with Gasteiger partial charge in [-0.05, 0) is 27.2 Å². The van der Waals surface area contributed by atoms with Gasteiger partial charge in [-0.3, -0.25) is 4.79 Å². The standard InChI is InChI=1S/C11H18O5/c1-5-8(2)6-11(13)10(4,14-8)15-9(3,7-12)16-11/h7,13H,5-6H2,1-4H3/t8-,9-,10+,11+/m1/s1. The third-order valence-electron chi connectivity index (χ3n) is 3.50. The Morgan fingerprint density at radius 1 is 1.25 bits per heavy atom. The van der Waals surface area contributed by atoms with Crippen LogP contribution in [0.15, 0.2) is 0 Å². The molecule has 2 aliphatic rings. The average Bonchev–Trinajstić information content (AvgIpc) is 2.44. The number of ether oxygens (including phenoxy) is 3. The molecule has 0 radical (unpaired) electrons. The van der Waals surface area contributed by atoms with Gasteiger partial charge in [0.05, 0.1) is 5.60 Å². The molecule has 2 rings (SSSR count). The predicted octanol–water partition coefficient (Wildman–Crippen LogP) is 0.942. The number of hydrogen-bond acceptors (Lipinski definition) is 5. The van der Waals surface area contributed by atoms with Crippen molar-refractivity contribution in [2.75, 3.05) is 0 Å². The zero-order valence-corrected chi connectivity index (χ0v) is 10.1. The molecular weight excluding hydrogens is 212 g/mol. The van der Waals surface area contributed by atoms with E-state index < -0.39 is 23.0 Å². The summed E-state index contributed by atoms with van der Waals surface area (Å²) in [7, 11) is 0. The number of aldehydes is 1. The van der Waals surface area contributed by atoms with Crippen LogP contribution in [0.25, 0.3) is 0 Å².